The Hall–Kier alpha value is -3.02. The predicted octanol–water partition coefficient (Wildman–Crippen LogP) is 2.23. The Morgan fingerprint density at radius 2 is 1.76 bits per heavy atom. The van der Waals surface area contributed by atoms with E-state index < -0.39 is 11.9 Å². The first kappa shape index (κ1) is 14.4. The molecule has 1 amide bonds. The van der Waals surface area contributed by atoms with Gasteiger partial charge in [-0.25, -0.2) is 4.79 Å². The van der Waals surface area contributed by atoms with Gasteiger partial charge in [-0.3, -0.25) is 4.79 Å². The number of nitrogens with two attached hydrogens (primary N) is 1. The number of benzene rings is 2. The van der Waals surface area contributed by atoms with Crippen molar-refractivity contribution in [2.24, 2.45) is 0 Å². The fraction of sp³-hybridized carbons (Fsp3) is 0.0667. The van der Waals surface area contributed by atoms with Crippen LogP contribution in [0.15, 0.2) is 36.4 Å². The average Bonchev–Trinajstić information content (AvgIpc) is 2.37. The van der Waals surface area contributed by atoms with Crippen LogP contribution in [0.1, 0.15) is 26.3 Å². The lowest BCUT2D eigenvalue weighted by atomic mass is 10.1. The van der Waals surface area contributed by atoms with Crippen LogP contribution >= 0.6 is 0 Å². The number of hydrogen-bond acceptors (Lipinski definition) is 4. The van der Waals surface area contributed by atoms with Crippen molar-refractivity contribution >= 4 is 23.3 Å². The van der Waals surface area contributed by atoms with Gasteiger partial charge < -0.3 is 21.3 Å². The van der Waals surface area contributed by atoms with Crippen LogP contribution in [0.4, 0.5) is 11.4 Å². The molecule has 0 aliphatic heterocycles. The molecule has 0 aliphatic carbocycles. The molecule has 6 nitrogen and oxygen atoms in total. The molecule has 108 valence electrons. The topological polar surface area (TPSA) is 113 Å². The fourth-order valence-electron chi connectivity index (χ4n) is 1.88. The molecule has 0 radical (unpaired) electrons. The summed E-state index contributed by atoms with van der Waals surface area (Å²) < 4.78 is 0. The van der Waals surface area contributed by atoms with E-state index in [0.29, 0.717) is 5.69 Å². The molecule has 0 saturated heterocycles. The molecular formula is C15H14N2O4. The van der Waals surface area contributed by atoms with Gasteiger partial charge in [-0.15, -0.1) is 0 Å². The number of hydrogen-bond donors (Lipinski definition) is 4. The normalized spacial score (nSPS) is 10.1. The number of amides is 1. The van der Waals surface area contributed by atoms with E-state index >= 15 is 0 Å². The average molecular weight is 286 g/mol. The second-order valence-corrected chi connectivity index (χ2v) is 4.58. The predicted molar refractivity (Wildman–Crippen MR) is 78.6 cm³/mol. The molecule has 0 spiro atoms. The first-order valence-electron chi connectivity index (χ1n) is 6.12. The molecule has 21 heavy (non-hydrogen) atoms. The van der Waals surface area contributed by atoms with Crippen molar-refractivity contribution in [3.05, 3.63) is 53.1 Å². The number of rotatable bonds is 3. The lowest BCUT2D eigenvalue weighted by Crippen LogP contribution is -2.15. The van der Waals surface area contributed by atoms with Gasteiger partial charge in [-0.05, 0) is 42.8 Å². The first-order chi connectivity index (χ1) is 9.88. The number of carboxylic acid groups (broad SMARTS) is 1. The quantitative estimate of drug-likeness (QED) is 0.646. The molecule has 0 unspecified atom stereocenters. The standard InChI is InChI=1S/C15H14N2O4/c1-8-2-4-11(13(18)6-8)14(19)17-12-7-9(16)3-5-10(12)15(20)21/h2-7,18H,16H2,1H3,(H,17,19)(H,20,21). The van der Waals surface area contributed by atoms with E-state index in [0.717, 1.165) is 5.56 Å². The molecular weight excluding hydrogens is 272 g/mol. The molecule has 5 N–H and O–H groups in total. The molecule has 2 aromatic rings. The number of anilines is 2. The van der Waals surface area contributed by atoms with Gasteiger partial charge in [0.25, 0.3) is 5.91 Å². The molecule has 0 fully saturated rings. The third kappa shape index (κ3) is 3.11. The van der Waals surface area contributed by atoms with Gasteiger partial charge in [-0.1, -0.05) is 6.07 Å². The first-order valence-corrected chi connectivity index (χ1v) is 6.12. The monoisotopic (exact) mass is 286 g/mol. The fourth-order valence-corrected chi connectivity index (χ4v) is 1.88. The van der Waals surface area contributed by atoms with Gasteiger partial charge in [0.1, 0.15) is 5.75 Å². The van der Waals surface area contributed by atoms with Crippen LogP contribution in [0, 0.1) is 6.92 Å². The molecule has 2 rings (SSSR count). The van der Waals surface area contributed by atoms with E-state index in [4.69, 9.17) is 10.8 Å². The number of phenolic OH excluding ortho intramolecular Hbond substituents is 1. The van der Waals surface area contributed by atoms with Crippen LogP contribution in [-0.4, -0.2) is 22.1 Å². The minimum atomic E-state index is -1.18. The highest BCUT2D eigenvalue weighted by Crippen LogP contribution is 2.23. The lowest BCUT2D eigenvalue weighted by molar-refractivity contribution is 0.0698. The van der Waals surface area contributed by atoms with Crippen molar-refractivity contribution in [2.45, 2.75) is 6.92 Å². The largest absolute Gasteiger partial charge is 0.507 e. The lowest BCUT2D eigenvalue weighted by Gasteiger charge is -2.10. The van der Waals surface area contributed by atoms with Crippen LogP contribution in [0.25, 0.3) is 0 Å². The van der Waals surface area contributed by atoms with Crippen LogP contribution in [0.2, 0.25) is 0 Å². The summed E-state index contributed by atoms with van der Waals surface area (Å²) in [5.74, 6) is -1.97. The number of carbonyl (C=O) groups is 2. The zero-order chi connectivity index (χ0) is 15.6. The Morgan fingerprint density at radius 3 is 2.38 bits per heavy atom. The third-order valence-corrected chi connectivity index (χ3v) is 2.92. The molecule has 2 aromatic carbocycles. The number of aromatic carboxylic acids is 1. The number of nitrogens with one attached hydrogen (secondary N) is 1. The highest BCUT2D eigenvalue weighted by Gasteiger charge is 2.16. The summed E-state index contributed by atoms with van der Waals surface area (Å²) in [6.07, 6.45) is 0. The van der Waals surface area contributed by atoms with Crippen molar-refractivity contribution in [3.63, 3.8) is 0 Å². The smallest absolute Gasteiger partial charge is 0.337 e. The van der Waals surface area contributed by atoms with E-state index in [2.05, 4.69) is 5.32 Å². The summed E-state index contributed by atoms with van der Waals surface area (Å²) in [6.45, 7) is 1.78. The zero-order valence-electron chi connectivity index (χ0n) is 11.3. The Bertz CT molecular complexity index is 726. The van der Waals surface area contributed by atoms with E-state index in [9.17, 15) is 14.7 Å². The van der Waals surface area contributed by atoms with Crippen LogP contribution < -0.4 is 11.1 Å². The number of aromatic hydroxyl groups is 1. The van der Waals surface area contributed by atoms with Gasteiger partial charge in [0.15, 0.2) is 0 Å². The Labute approximate surface area is 120 Å². The number of nitrogen functional groups attached to an aromatic ring is 1. The highest BCUT2D eigenvalue weighted by atomic mass is 16.4. The SMILES string of the molecule is Cc1ccc(C(=O)Nc2cc(N)ccc2C(=O)O)c(O)c1. The number of phenols is 1. The maximum Gasteiger partial charge on any atom is 0.337 e. The van der Waals surface area contributed by atoms with E-state index in [1.54, 1.807) is 13.0 Å². The summed E-state index contributed by atoms with van der Waals surface area (Å²) in [4.78, 5) is 23.2. The number of carboxylic acids is 1. The van der Waals surface area contributed by atoms with Crippen molar-refractivity contribution in [3.8, 4) is 5.75 Å². The van der Waals surface area contributed by atoms with E-state index in [1.165, 1.54) is 30.3 Å². The summed E-state index contributed by atoms with van der Waals surface area (Å²) >= 11 is 0. The zero-order valence-corrected chi connectivity index (χ0v) is 11.3. The maximum atomic E-state index is 12.1. The van der Waals surface area contributed by atoms with Crippen molar-refractivity contribution in [1.29, 1.82) is 0 Å². The van der Waals surface area contributed by atoms with E-state index in [-0.39, 0.29) is 22.6 Å². The molecule has 6 heteroatoms. The van der Waals surface area contributed by atoms with Gasteiger partial charge in [-0.2, -0.15) is 0 Å². The minimum Gasteiger partial charge on any atom is -0.507 e. The van der Waals surface area contributed by atoms with E-state index in [1.807, 2.05) is 0 Å². The molecule has 0 aromatic heterocycles. The van der Waals surface area contributed by atoms with Crippen LogP contribution in [0.5, 0.6) is 5.75 Å². The van der Waals surface area contributed by atoms with Crippen molar-refractivity contribution in [1.82, 2.24) is 0 Å². The van der Waals surface area contributed by atoms with Gasteiger partial charge in [0, 0.05) is 5.69 Å². The molecule has 0 bridgehead atoms. The summed E-state index contributed by atoms with van der Waals surface area (Å²) in [5.41, 5.74) is 6.78. The van der Waals surface area contributed by atoms with Gasteiger partial charge >= 0.3 is 5.97 Å². The maximum absolute atomic E-state index is 12.1. The van der Waals surface area contributed by atoms with Gasteiger partial charge in [0.05, 0.1) is 16.8 Å². The number of aryl methyl sites for hydroxylation is 1. The van der Waals surface area contributed by atoms with Crippen molar-refractivity contribution < 1.29 is 19.8 Å². The second-order valence-electron chi connectivity index (χ2n) is 4.58. The summed E-state index contributed by atoms with van der Waals surface area (Å²) in [7, 11) is 0. The Morgan fingerprint density at radius 1 is 1.10 bits per heavy atom. The highest BCUT2D eigenvalue weighted by molar-refractivity contribution is 6.09. The molecule has 0 aliphatic rings. The number of carbonyl (C=O) groups excluding carboxylic acids is 1. The van der Waals surface area contributed by atoms with Crippen molar-refractivity contribution in [2.75, 3.05) is 11.1 Å². The minimum absolute atomic E-state index is 0.0550. The summed E-state index contributed by atoms with van der Waals surface area (Å²) in [6, 6.07) is 8.68. The Kier molecular flexibility index (Phi) is 3.80. The van der Waals surface area contributed by atoms with Crippen LogP contribution in [0.3, 0.4) is 0 Å². The second kappa shape index (κ2) is 5.54. The molecule has 0 heterocycles. The molecule has 0 atom stereocenters. The van der Waals surface area contributed by atoms with Gasteiger partial charge in [0.2, 0.25) is 0 Å². The van der Waals surface area contributed by atoms with Crippen LogP contribution in [-0.2, 0) is 0 Å². The Balaban J connectivity index is 2.35. The third-order valence-electron chi connectivity index (χ3n) is 2.92. The summed E-state index contributed by atoms with van der Waals surface area (Å²) in [5, 5.41) is 21.3. The molecule has 0 saturated carbocycles.